The van der Waals surface area contributed by atoms with Crippen LogP contribution in [-0.2, 0) is 0 Å². The molecule has 0 saturated carbocycles. The van der Waals surface area contributed by atoms with Crippen LogP contribution in [-0.4, -0.2) is 28.0 Å². The van der Waals surface area contributed by atoms with Crippen LogP contribution in [0.1, 0.15) is 26.2 Å². The molecule has 3 N–H and O–H groups in total. The van der Waals surface area contributed by atoms with Gasteiger partial charge in [0.25, 0.3) is 0 Å². The molecule has 1 atom stereocenters. The Hall–Kier alpha value is -1.96. The first-order chi connectivity index (χ1) is 9.17. The molecule has 8 nitrogen and oxygen atoms in total. The molecule has 2 rings (SSSR count). The Morgan fingerprint density at radius 3 is 3.05 bits per heavy atom. The second kappa shape index (κ2) is 5.79. The maximum absolute atomic E-state index is 11.2. The number of nitrogens with two attached hydrogens (primary N) is 1. The first-order valence-corrected chi connectivity index (χ1v) is 6.38. The van der Waals surface area contributed by atoms with E-state index in [1.54, 1.807) is 0 Å². The number of hydrogen-bond acceptors (Lipinski definition) is 7. The third-order valence-electron chi connectivity index (χ3n) is 3.40. The van der Waals surface area contributed by atoms with Crippen LogP contribution < -0.4 is 16.2 Å². The van der Waals surface area contributed by atoms with Gasteiger partial charge in [0.15, 0.2) is 0 Å². The highest BCUT2D eigenvalue weighted by Crippen LogP contribution is 2.34. The van der Waals surface area contributed by atoms with Gasteiger partial charge in [-0.3, -0.25) is 10.1 Å². The topological polar surface area (TPSA) is 110 Å². The largest absolute Gasteiger partial charge is 0.354 e. The summed E-state index contributed by atoms with van der Waals surface area (Å²) in [6.07, 6.45) is 4.60. The SMILES string of the molecule is CCCC1CCN(c2ncnc(NN)c2[N+](=O)[O-])C1. The molecule has 1 fully saturated rings. The first-order valence-electron chi connectivity index (χ1n) is 6.38. The normalized spacial score (nSPS) is 18.6. The van der Waals surface area contributed by atoms with Crippen molar-refractivity contribution in [3.05, 3.63) is 16.4 Å². The monoisotopic (exact) mass is 266 g/mol. The predicted octanol–water partition coefficient (Wildman–Crippen LogP) is 1.30. The Balaban J connectivity index is 2.28. The molecule has 1 aliphatic rings. The molecular weight excluding hydrogens is 248 g/mol. The van der Waals surface area contributed by atoms with Crippen LogP contribution in [0, 0.1) is 16.0 Å². The van der Waals surface area contributed by atoms with E-state index in [9.17, 15) is 10.1 Å². The number of aromatic nitrogens is 2. The van der Waals surface area contributed by atoms with E-state index in [1.807, 2.05) is 4.90 Å². The van der Waals surface area contributed by atoms with Gasteiger partial charge in [-0.2, -0.15) is 0 Å². The van der Waals surface area contributed by atoms with Crippen molar-refractivity contribution in [2.24, 2.45) is 11.8 Å². The Morgan fingerprint density at radius 2 is 2.42 bits per heavy atom. The molecule has 1 aliphatic heterocycles. The number of hydrazine groups is 1. The molecule has 104 valence electrons. The maximum Gasteiger partial charge on any atom is 0.354 e. The van der Waals surface area contributed by atoms with Crippen LogP contribution in [0.4, 0.5) is 17.3 Å². The Labute approximate surface area is 111 Å². The van der Waals surface area contributed by atoms with E-state index in [4.69, 9.17) is 5.84 Å². The van der Waals surface area contributed by atoms with Gasteiger partial charge in [0.2, 0.25) is 11.6 Å². The van der Waals surface area contributed by atoms with E-state index >= 15 is 0 Å². The Morgan fingerprint density at radius 1 is 1.63 bits per heavy atom. The van der Waals surface area contributed by atoms with Crippen molar-refractivity contribution in [3.63, 3.8) is 0 Å². The van der Waals surface area contributed by atoms with E-state index < -0.39 is 4.92 Å². The molecule has 0 amide bonds. The minimum atomic E-state index is -0.488. The molecule has 0 aliphatic carbocycles. The summed E-state index contributed by atoms with van der Waals surface area (Å²) >= 11 is 0. The van der Waals surface area contributed by atoms with Crippen molar-refractivity contribution >= 4 is 17.3 Å². The molecule has 0 bridgehead atoms. The van der Waals surface area contributed by atoms with Crippen LogP contribution in [0.5, 0.6) is 0 Å². The van der Waals surface area contributed by atoms with Crippen LogP contribution in [0.3, 0.4) is 0 Å². The summed E-state index contributed by atoms with van der Waals surface area (Å²) < 4.78 is 0. The number of anilines is 2. The Bertz CT molecular complexity index is 466. The van der Waals surface area contributed by atoms with Crippen molar-refractivity contribution in [2.75, 3.05) is 23.4 Å². The van der Waals surface area contributed by atoms with Gasteiger partial charge in [-0.15, -0.1) is 0 Å². The van der Waals surface area contributed by atoms with Crippen molar-refractivity contribution in [1.29, 1.82) is 0 Å². The van der Waals surface area contributed by atoms with Crippen LogP contribution in [0.25, 0.3) is 0 Å². The number of nitrogen functional groups attached to an aromatic ring is 1. The van der Waals surface area contributed by atoms with Gasteiger partial charge < -0.3 is 10.3 Å². The Kier molecular flexibility index (Phi) is 4.10. The second-order valence-electron chi connectivity index (χ2n) is 4.69. The smallest absolute Gasteiger partial charge is 0.350 e. The van der Waals surface area contributed by atoms with Gasteiger partial charge >= 0.3 is 5.69 Å². The molecule has 2 heterocycles. The maximum atomic E-state index is 11.2. The summed E-state index contributed by atoms with van der Waals surface area (Å²) in [6.45, 7) is 3.73. The quantitative estimate of drug-likeness (QED) is 0.469. The summed E-state index contributed by atoms with van der Waals surface area (Å²) in [5, 5.41) is 11.2. The molecule has 8 heteroatoms. The van der Waals surface area contributed by atoms with Crippen molar-refractivity contribution in [3.8, 4) is 0 Å². The molecule has 0 spiro atoms. The lowest BCUT2D eigenvalue weighted by molar-refractivity contribution is -0.383. The molecule has 0 radical (unpaired) electrons. The molecule has 1 saturated heterocycles. The van der Waals surface area contributed by atoms with Gasteiger partial charge in [-0.05, 0) is 18.8 Å². The average Bonchev–Trinajstić information content (AvgIpc) is 2.86. The minimum Gasteiger partial charge on any atom is -0.350 e. The number of nitro groups is 1. The highest BCUT2D eigenvalue weighted by molar-refractivity contribution is 5.70. The third kappa shape index (κ3) is 2.73. The lowest BCUT2D eigenvalue weighted by Crippen LogP contribution is -2.23. The van der Waals surface area contributed by atoms with E-state index in [-0.39, 0.29) is 11.5 Å². The van der Waals surface area contributed by atoms with E-state index in [0.29, 0.717) is 11.7 Å². The fraction of sp³-hybridized carbons (Fsp3) is 0.636. The molecule has 19 heavy (non-hydrogen) atoms. The van der Waals surface area contributed by atoms with Gasteiger partial charge in [0.1, 0.15) is 6.33 Å². The zero-order chi connectivity index (χ0) is 13.8. The van der Waals surface area contributed by atoms with E-state index in [1.165, 1.54) is 6.33 Å². The standard InChI is InChI=1S/C11H18N6O2/c1-2-3-8-4-5-16(6-8)11-9(17(18)19)10(15-12)13-7-14-11/h7-8H,2-6,12H2,1H3,(H,13,14,15). The van der Waals surface area contributed by atoms with Crippen molar-refractivity contribution in [1.82, 2.24) is 9.97 Å². The molecular formula is C11H18N6O2. The van der Waals surface area contributed by atoms with E-state index in [2.05, 4.69) is 22.3 Å². The molecule has 0 aromatic carbocycles. The lowest BCUT2D eigenvalue weighted by atomic mass is 10.0. The summed E-state index contributed by atoms with van der Waals surface area (Å²) in [7, 11) is 0. The molecule has 1 aromatic heterocycles. The first kappa shape index (κ1) is 13.5. The van der Waals surface area contributed by atoms with Gasteiger partial charge in [0.05, 0.1) is 4.92 Å². The zero-order valence-corrected chi connectivity index (χ0v) is 10.9. The molecule has 1 aromatic rings. The predicted molar refractivity (Wildman–Crippen MR) is 71.7 cm³/mol. The third-order valence-corrected chi connectivity index (χ3v) is 3.40. The fourth-order valence-electron chi connectivity index (χ4n) is 2.54. The molecule has 1 unspecified atom stereocenters. The summed E-state index contributed by atoms with van der Waals surface area (Å²) in [4.78, 5) is 20.5. The van der Waals surface area contributed by atoms with Crippen molar-refractivity contribution in [2.45, 2.75) is 26.2 Å². The number of rotatable bonds is 5. The highest BCUT2D eigenvalue weighted by Gasteiger charge is 2.31. The van der Waals surface area contributed by atoms with Crippen LogP contribution in [0.15, 0.2) is 6.33 Å². The lowest BCUT2D eigenvalue weighted by Gasteiger charge is -2.17. The zero-order valence-electron chi connectivity index (χ0n) is 10.9. The van der Waals surface area contributed by atoms with Gasteiger partial charge in [-0.25, -0.2) is 15.8 Å². The average molecular weight is 266 g/mol. The summed E-state index contributed by atoms with van der Waals surface area (Å²) in [5.74, 6) is 6.25. The fourth-order valence-corrected chi connectivity index (χ4v) is 2.54. The van der Waals surface area contributed by atoms with Crippen LogP contribution >= 0.6 is 0 Å². The van der Waals surface area contributed by atoms with Gasteiger partial charge in [-0.1, -0.05) is 13.3 Å². The second-order valence-corrected chi connectivity index (χ2v) is 4.69. The minimum absolute atomic E-state index is 0.0499. The highest BCUT2D eigenvalue weighted by atomic mass is 16.6. The van der Waals surface area contributed by atoms with Crippen LogP contribution in [0.2, 0.25) is 0 Å². The number of hydrogen-bond donors (Lipinski definition) is 2. The summed E-state index contributed by atoms with van der Waals surface area (Å²) in [6, 6.07) is 0. The van der Waals surface area contributed by atoms with E-state index in [0.717, 1.165) is 32.4 Å². The van der Waals surface area contributed by atoms with Crippen molar-refractivity contribution < 1.29 is 4.92 Å². The summed E-state index contributed by atoms with van der Waals surface area (Å²) in [5.41, 5.74) is 2.11. The number of nitrogens with zero attached hydrogens (tertiary/aromatic N) is 4. The van der Waals surface area contributed by atoms with Gasteiger partial charge in [0, 0.05) is 13.1 Å². The number of nitrogens with one attached hydrogen (secondary N) is 1.